The van der Waals surface area contributed by atoms with E-state index in [2.05, 4.69) is 15.4 Å². The first-order chi connectivity index (χ1) is 16.3. The predicted molar refractivity (Wildman–Crippen MR) is 139 cm³/mol. The number of nitrogens with zero attached hydrogens (tertiary/aromatic N) is 3. The Labute approximate surface area is 210 Å². The average molecular weight is 497 g/mol. The molecule has 1 aliphatic rings. The Kier molecular flexibility index (Phi) is 7.66. The van der Waals surface area contributed by atoms with Crippen molar-refractivity contribution >= 4 is 34.5 Å². The normalized spacial score (nSPS) is 16.4. The summed E-state index contributed by atoms with van der Waals surface area (Å²) in [4.78, 5) is 6.85. The number of thiocarbonyl (C=S) groups is 1. The summed E-state index contributed by atoms with van der Waals surface area (Å²) < 4.78 is 11.5. The fourth-order valence-electron chi connectivity index (χ4n) is 4.01. The first-order valence-electron chi connectivity index (χ1n) is 11.4. The lowest BCUT2D eigenvalue weighted by Gasteiger charge is -2.37. The van der Waals surface area contributed by atoms with Crippen LogP contribution in [-0.4, -0.2) is 39.4 Å². The number of ether oxygens (including phenoxy) is 1. The zero-order chi connectivity index (χ0) is 24.2. The second-order valence-electron chi connectivity index (χ2n) is 8.65. The van der Waals surface area contributed by atoms with Crippen molar-refractivity contribution in [3.05, 3.63) is 76.3 Å². The van der Waals surface area contributed by atoms with Gasteiger partial charge >= 0.3 is 0 Å². The number of hydrogen-bond donors (Lipinski definition) is 1. The fourth-order valence-corrected chi connectivity index (χ4v) is 4.48. The van der Waals surface area contributed by atoms with Gasteiger partial charge in [-0.05, 0) is 70.1 Å². The number of nitrogens with one attached hydrogen (secondary N) is 1. The van der Waals surface area contributed by atoms with Gasteiger partial charge in [-0.25, -0.2) is 0 Å². The molecular weight excluding hydrogens is 468 g/mol. The standard InChI is InChI=1S/C26H29ClN4O2S/c1-16(2)32-14-6-13-31-18(4)22(23(28-26(31)34)19-9-11-21(27)12-10-19)25-29-24(30-33-25)20-8-5-7-17(3)15-20/h5,7-12,15-16,23H,6,13-14H2,1-4H3,(H,28,34). The molecule has 1 N–H and O–H groups in total. The maximum absolute atomic E-state index is 6.14. The van der Waals surface area contributed by atoms with Gasteiger partial charge in [-0.1, -0.05) is 52.7 Å². The van der Waals surface area contributed by atoms with Crippen molar-refractivity contribution in [2.24, 2.45) is 0 Å². The molecule has 3 aromatic rings. The van der Waals surface area contributed by atoms with Gasteiger partial charge in [0.25, 0.3) is 5.89 Å². The van der Waals surface area contributed by atoms with E-state index in [0.717, 1.165) is 40.9 Å². The van der Waals surface area contributed by atoms with Gasteiger partial charge in [-0.2, -0.15) is 4.98 Å². The van der Waals surface area contributed by atoms with E-state index in [9.17, 15) is 0 Å². The molecule has 0 bridgehead atoms. The number of aryl methyl sites for hydroxylation is 1. The minimum absolute atomic E-state index is 0.200. The monoisotopic (exact) mass is 496 g/mol. The highest BCUT2D eigenvalue weighted by atomic mass is 35.5. The van der Waals surface area contributed by atoms with Crippen LogP contribution in [0, 0.1) is 6.92 Å². The summed E-state index contributed by atoms with van der Waals surface area (Å²) in [5.74, 6) is 1.02. The Morgan fingerprint density at radius 2 is 1.94 bits per heavy atom. The van der Waals surface area contributed by atoms with Gasteiger partial charge in [-0.15, -0.1) is 0 Å². The topological polar surface area (TPSA) is 63.4 Å². The first-order valence-corrected chi connectivity index (χ1v) is 12.2. The second-order valence-corrected chi connectivity index (χ2v) is 9.47. The molecule has 4 rings (SSSR count). The minimum Gasteiger partial charge on any atom is -0.379 e. The van der Waals surface area contributed by atoms with Crippen molar-refractivity contribution in [2.45, 2.75) is 46.3 Å². The molecule has 0 fully saturated rings. The van der Waals surface area contributed by atoms with Crippen LogP contribution in [0.2, 0.25) is 5.02 Å². The Bertz CT molecular complexity index is 1190. The number of benzene rings is 2. The lowest BCUT2D eigenvalue weighted by atomic mass is 9.95. The van der Waals surface area contributed by atoms with Crippen molar-refractivity contribution in [2.75, 3.05) is 13.2 Å². The molecule has 1 atom stereocenters. The largest absolute Gasteiger partial charge is 0.379 e. The molecule has 1 aromatic heterocycles. The zero-order valence-electron chi connectivity index (χ0n) is 19.8. The molecule has 0 spiro atoms. The molecule has 178 valence electrons. The van der Waals surface area contributed by atoms with Crippen LogP contribution in [-0.2, 0) is 4.74 Å². The zero-order valence-corrected chi connectivity index (χ0v) is 21.4. The van der Waals surface area contributed by atoms with Gasteiger partial charge in [0, 0.05) is 29.4 Å². The molecule has 0 saturated carbocycles. The third-order valence-corrected chi connectivity index (χ3v) is 6.30. The Morgan fingerprint density at radius 3 is 2.65 bits per heavy atom. The smallest absolute Gasteiger partial charge is 0.258 e. The van der Waals surface area contributed by atoms with Crippen LogP contribution in [0.15, 0.2) is 58.8 Å². The number of hydrogen-bond acceptors (Lipinski definition) is 5. The fraction of sp³-hybridized carbons (Fsp3) is 0.346. The van der Waals surface area contributed by atoms with E-state index < -0.39 is 0 Å². The van der Waals surface area contributed by atoms with E-state index in [1.807, 2.05) is 76.2 Å². The lowest BCUT2D eigenvalue weighted by Crippen LogP contribution is -2.46. The summed E-state index contributed by atoms with van der Waals surface area (Å²) in [6, 6.07) is 15.5. The predicted octanol–water partition coefficient (Wildman–Crippen LogP) is 6.18. The molecule has 0 amide bonds. The molecule has 8 heteroatoms. The quantitative estimate of drug-likeness (QED) is 0.295. The van der Waals surface area contributed by atoms with Crippen LogP contribution >= 0.6 is 23.8 Å². The van der Waals surface area contributed by atoms with Crippen LogP contribution in [0.5, 0.6) is 0 Å². The summed E-state index contributed by atoms with van der Waals surface area (Å²) in [7, 11) is 0. The number of halogens is 1. The number of rotatable bonds is 8. The molecule has 0 aliphatic carbocycles. The molecular formula is C26H29ClN4O2S. The third-order valence-electron chi connectivity index (χ3n) is 5.71. The van der Waals surface area contributed by atoms with E-state index >= 15 is 0 Å². The van der Waals surface area contributed by atoms with Gasteiger partial charge in [0.1, 0.15) is 0 Å². The molecule has 2 heterocycles. The van der Waals surface area contributed by atoms with Gasteiger partial charge in [0.05, 0.1) is 17.7 Å². The van der Waals surface area contributed by atoms with Crippen LogP contribution in [0.25, 0.3) is 17.0 Å². The molecule has 0 radical (unpaired) electrons. The SMILES string of the molecule is CC1=C(c2nc(-c3cccc(C)c3)no2)C(c2ccc(Cl)cc2)NC(=S)N1CCCOC(C)C. The highest BCUT2D eigenvalue weighted by molar-refractivity contribution is 7.80. The lowest BCUT2D eigenvalue weighted by molar-refractivity contribution is 0.0749. The molecule has 2 aromatic carbocycles. The maximum atomic E-state index is 6.14. The second kappa shape index (κ2) is 10.7. The summed E-state index contributed by atoms with van der Waals surface area (Å²) in [6.07, 6.45) is 1.04. The Balaban J connectivity index is 1.71. The Morgan fingerprint density at radius 1 is 1.18 bits per heavy atom. The highest BCUT2D eigenvalue weighted by Gasteiger charge is 2.34. The van der Waals surface area contributed by atoms with Crippen molar-refractivity contribution in [3.8, 4) is 11.4 Å². The third kappa shape index (κ3) is 5.49. The summed E-state index contributed by atoms with van der Waals surface area (Å²) in [5.41, 5.74) is 4.94. The van der Waals surface area contributed by atoms with Gasteiger partial charge in [-0.3, -0.25) is 0 Å². The van der Waals surface area contributed by atoms with Crippen LogP contribution in [0.1, 0.15) is 50.3 Å². The van der Waals surface area contributed by atoms with Gasteiger partial charge < -0.3 is 19.5 Å². The summed E-state index contributed by atoms with van der Waals surface area (Å²) >= 11 is 11.9. The summed E-state index contributed by atoms with van der Waals surface area (Å²) in [6.45, 7) is 9.55. The molecule has 0 saturated heterocycles. The van der Waals surface area contributed by atoms with Crippen molar-refractivity contribution in [1.82, 2.24) is 20.4 Å². The van der Waals surface area contributed by atoms with E-state index in [4.69, 9.17) is 38.1 Å². The van der Waals surface area contributed by atoms with E-state index in [1.165, 1.54) is 0 Å². The van der Waals surface area contributed by atoms with Crippen molar-refractivity contribution in [1.29, 1.82) is 0 Å². The highest BCUT2D eigenvalue weighted by Crippen LogP contribution is 2.37. The number of allylic oxidation sites excluding steroid dienone is 1. The number of aromatic nitrogens is 2. The van der Waals surface area contributed by atoms with Crippen molar-refractivity contribution < 1.29 is 9.26 Å². The molecule has 1 unspecified atom stereocenters. The van der Waals surface area contributed by atoms with Crippen LogP contribution in [0.4, 0.5) is 0 Å². The van der Waals surface area contributed by atoms with E-state index in [0.29, 0.717) is 28.5 Å². The Hall–Kier alpha value is -2.74. The average Bonchev–Trinajstić information content (AvgIpc) is 3.28. The molecule has 6 nitrogen and oxygen atoms in total. The van der Waals surface area contributed by atoms with Crippen molar-refractivity contribution in [3.63, 3.8) is 0 Å². The maximum Gasteiger partial charge on any atom is 0.258 e. The van der Waals surface area contributed by atoms with Crippen LogP contribution < -0.4 is 5.32 Å². The molecule has 1 aliphatic heterocycles. The first kappa shape index (κ1) is 24.4. The van der Waals surface area contributed by atoms with Crippen LogP contribution in [0.3, 0.4) is 0 Å². The minimum atomic E-state index is -0.237. The molecule has 34 heavy (non-hydrogen) atoms. The summed E-state index contributed by atoms with van der Waals surface area (Å²) in [5, 5.41) is 9.09. The van der Waals surface area contributed by atoms with Gasteiger partial charge in [0.2, 0.25) is 5.82 Å². The van der Waals surface area contributed by atoms with Gasteiger partial charge in [0.15, 0.2) is 5.11 Å². The van der Waals surface area contributed by atoms with E-state index in [1.54, 1.807) is 0 Å². The van der Waals surface area contributed by atoms with E-state index in [-0.39, 0.29) is 12.1 Å².